The Bertz CT molecular complexity index is 1050. The maximum absolute atomic E-state index is 12.9. The molecule has 162 valence electrons. The summed E-state index contributed by atoms with van der Waals surface area (Å²) in [4.78, 5) is 31.5. The van der Waals surface area contributed by atoms with Gasteiger partial charge in [0.25, 0.3) is 5.91 Å². The van der Waals surface area contributed by atoms with Crippen molar-refractivity contribution in [2.24, 2.45) is 4.99 Å². The average molecular weight is 441 g/mol. The Hall–Kier alpha value is -3.26. The molecular formula is C23H24N2O5S. The summed E-state index contributed by atoms with van der Waals surface area (Å²) >= 11 is 1.29. The van der Waals surface area contributed by atoms with Gasteiger partial charge in [0.1, 0.15) is 0 Å². The number of hydrogen-bond donors (Lipinski definition) is 0. The van der Waals surface area contributed by atoms with E-state index in [2.05, 4.69) is 4.99 Å². The van der Waals surface area contributed by atoms with Crippen molar-refractivity contribution in [2.45, 2.75) is 13.8 Å². The number of aliphatic imine (C=N–C) groups is 1. The number of thioether (sulfide) groups is 1. The molecule has 0 atom stereocenters. The molecular weight excluding hydrogens is 416 g/mol. The van der Waals surface area contributed by atoms with E-state index in [-0.39, 0.29) is 5.91 Å². The van der Waals surface area contributed by atoms with Crippen LogP contribution in [0.15, 0.2) is 52.4 Å². The molecule has 0 saturated carbocycles. The highest BCUT2D eigenvalue weighted by atomic mass is 32.2. The molecule has 31 heavy (non-hydrogen) atoms. The number of amidine groups is 1. The zero-order valence-electron chi connectivity index (χ0n) is 17.9. The normalized spacial score (nSPS) is 16.1. The molecule has 0 spiro atoms. The molecule has 1 aliphatic rings. The third-order valence-corrected chi connectivity index (χ3v) is 5.49. The smallest absolute Gasteiger partial charge is 0.337 e. The predicted octanol–water partition coefficient (Wildman–Crippen LogP) is 4.50. The number of carbonyl (C=O) groups is 2. The van der Waals surface area contributed by atoms with Crippen molar-refractivity contribution in [2.75, 3.05) is 27.4 Å². The molecule has 7 nitrogen and oxygen atoms in total. The number of carbonyl (C=O) groups excluding carboxylic acids is 2. The Morgan fingerprint density at radius 3 is 2.61 bits per heavy atom. The number of esters is 1. The summed E-state index contributed by atoms with van der Waals surface area (Å²) in [5.41, 5.74) is 1.80. The molecule has 1 saturated heterocycles. The Labute approximate surface area is 185 Å². The molecule has 2 aromatic rings. The molecule has 0 unspecified atom stereocenters. The fraction of sp³-hybridized carbons (Fsp3) is 0.261. The highest BCUT2D eigenvalue weighted by Crippen LogP contribution is 2.35. The van der Waals surface area contributed by atoms with Crippen LogP contribution in [0, 0.1) is 0 Å². The minimum atomic E-state index is -0.435. The van der Waals surface area contributed by atoms with Gasteiger partial charge < -0.3 is 14.2 Å². The summed E-state index contributed by atoms with van der Waals surface area (Å²) in [6, 6.07) is 12.3. The second-order valence-electron chi connectivity index (χ2n) is 6.44. The van der Waals surface area contributed by atoms with Crippen molar-refractivity contribution in [3.05, 3.63) is 58.5 Å². The van der Waals surface area contributed by atoms with Gasteiger partial charge in [-0.05, 0) is 67.6 Å². The van der Waals surface area contributed by atoms with Crippen molar-refractivity contribution in [1.82, 2.24) is 4.90 Å². The van der Waals surface area contributed by atoms with Crippen LogP contribution in [0.1, 0.15) is 29.8 Å². The second-order valence-corrected chi connectivity index (χ2v) is 7.45. The summed E-state index contributed by atoms with van der Waals surface area (Å²) in [5.74, 6) is 0.701. The summed E-state index contributed by atoms with van der Waals surface area (Å²) in [6.07, 6.45) is 1.81. The number of methoxy groups -OCH3 is 2. The summed E-state index contributed by atoms with van der Waals surface area (Å²) < 4.78 is 15.7. The summed E-state index contributed by atoms with van der Waals surface area (Å²) in [7, 11) is 2.92. The number of nitrogens with zero attached hydrogens (tertiary/aromatic N) is 2. The summed E-state index contributed by atoms with van der Waals surface area (Å²) in [6.45, 7) is 4.78. The highest BCUT2D eigenvalue weighted by molar-refractivity contribution is 8.18. The molecule has 1 heterocycles. The lowest BCUT2D eigenvalue weighted by atomic mass is 10.2. The second kappa shape index (κ2) is 10.2. The lowest BCUT2D eigenvalue weighted by Crippen LogP contribution is -2.28. The molecule has 0 aromatic heterocycles. The maximum Gasteiger partial charge on any atom is 0.337 e. The maximum atomic E-state index is 12.9. The van der Waals surface area contributed by atoms with Crippen LogP contribution in [0.2, 0.25) is 0 Å². The quantitative estimate of drug-likeness (QED) is 0.466. The van der Waals surface area contributed by atoms with E-state index >= 15 is 0 Å². The first-order valence-corrected chi connectivity index (χ1v) is 10.6. The van der Waals surface area contributed by atoms with Crippen LogP contribution in [0.5, 0.6) is 11.5 Å². The van der Waals surface area contributed by atoms with Gasteiger partial charge in [-0.25, -0.2) is 9.79 Å². The van der Waals surface area contributed by atoms with Gasteiger partial charge in [0.15, 0.2) is 16.7 Å². The predicted molar refractivity (Wildman–Crippen MR) is 122 cm³/mol. The van der Waals surface area contributed by atoms with E-state index in [1.807, 2.05) is 38.1 Å². The van der Waals surface area contributed by atoms with Gasteiger partial charge in [-0.3, -0.25) is 9.69 Å². The first-order valence-electron chi connectivity index (χ1n) is 9.80. The lowest BCUT2D eigenvalue weighted by molar-refractivity contribution is -0.122. The van der Waals surface area contributed by atoms with Crippen LogP contribution < -0.4 is 9.47 Å². The van der Waals surface area contributed by atoms with Crippen molar-refractivity contribution in [3.8, 4) is 11.5 Å². The minimum Gasteiger partial charge on any atom is -0.493 e. The standard InChI is InChI=1S/C23H24N2O5S/c1-5-25-21(26)20(13-15-10-11-18(28-3)19(12-15)30-6-2)31-23(25)24-17-9-7-8-16(14-17)22(27)29-4/h7-14H,5-6H2,1-4H3. The van der Waals surface area contributed by atoms with Crippen LogP contribution in [0.3, 0.4) is 0 Å². The largest absolute Gasteiger partial charge is 0.493 e. The zero-order chi connectivity index (χ0) is 22.4. The zero-order valence-corrected chi connectivity index (χ0v) is 18.7. The number of likely N-dealkylation sites (N-methyl/N-ethyl adjacent to an activating group) is 1. The topological polar surface area (TPSA) is 77.4 Å². The van der Waals surface area contributed by atoms with Crippen molar-refractivity contribution in [3.63, 3.8) is 0 Å². The van der Waals surface area contributed by atoms with Crippen LogP contribution >= 0.6 is 11.8 Å². The van der Waals surface area contributed by atoms with Crippen molar-refractivity contribution >= 4 is 40.6 Å². The molecule has 0 radical (unpaired) electrons. The fourth-order valence-corrected chi connectivity index (χ4v) is 4.07. The van der Waals surface area contributed by atoms with Gasteiger partial charge in [0, 0.05) is 6.54 Å². The van der Waals surface area contributed by atoms with E-state index in [0.29, 0.717) is 46.0 Å². The molecule has 3 rings (SSSR count). The van der Waals surface area contributed by atoms with E-state index in [0.717, 1.165) is 5.56 Å². The first-order chi connectivity index (χ1) is 15.0. The molecule has 1 fully saturated rings. The molecule has 8 heteroatoms. The SMILES string of the molecule is CCOc1cc(C=C2SC(=Nc3cccc(C(=O)OC)c3)N(CC)C2=O)ccc1OC. The highest BCUT2D eigenvalue weighted by Gasteiger charge is 2.32. The van der Waals surface area contributed by atoms with Gasteiger partial charge >= 0.3 is 5.97 Å². The molecule has 0 aliphatic carbocycles. The fourth-order valence-electron chi connectivity index (χ4n) is 3.00. The monoisotopic (exact) mass is 440 g/mol. The van der Waals surface area contributed by atoms with E-state index in [4.69, 9.17) is 14.2 Å². The number of ether oxygens (including phenoxy) is 3. The molecule has 1 aliphatic heterocycles. The van der Waals surface area contributed by atoms with Gasteiger partial charge in [0.05, 0.1) is 37.0 Å². The molecule has 2 aromatic carbocycles. The number of hydrogen-bond acceptors (Lipinski definition) is 7. The third-order valence-electron chi connectivity index (χ3n) is 4.48. The Kier molecular flexibility index (Phi) is 7.36. The number of rotatable bonds is 7. The number of amides is 1. The average Bonchev–Trinajstić information content (AvgIpc) is 3.07. The Morgan fingerprint density at radius 1 is 1.13 bits per heavy atom. The van der Waals surface area contributed by atoms with Crippen LogP contribution in [-0.4, -0.2) is 49.3 Å². The lowest BCUT2D eigenvalue weighted by Gasteiger charge is -2.12. The van der Waals surface area contributed by atoms with Crippen LogP contribution in [0.25, 0.3) is 6.08 Å². The molecule has 1 amide bonds. The molecule has 0 bridgehead atoms. The Balaban J connectivity index is 1.92. The van der Waals surface area contributed by atoms with Crippen LogP contribution in [0.4, 0.5) is 5.69 Å². The van der Waals surface area contributed by atoms with Gasteiger partial charge in [0.2, 0.25) is 0 Å². The van der Waals surface area contributed by atoms with Crippen molar-refractivity contribution in [1.29, 1.82) is 0 Å². The van der Waals surface area contributed by atoms with Crippen molar-refractivity contribution < 1.29 is 23.8 Å². The van der Waals surface area contributed by atoms with Gasteiger partial charge in [-0.2, -0.15) is 0 Å². The van der Waals surface area contributed by atoms with Gasteiger partial charge in [-0.1, -0.05) is 12.1 Å². The van der Waals surface area contributed by atoms with Crippen LogP contribution in [-0.2, 0) is 9.53 Å². The summed E-state index contributed by atoms with van der Waals surface area (Å²) in [5, 5.41) is 0.555. The van der Waals surface area contributed by atoms with E-state index in [9.17, 15) is 9.59 Å². The van der Waals surface area contributed by atoms with E-state index in [1.165, 1.54) is 18.9 Å². The molecule has 0 N–H and O–H groups in total. The first kappa shape index (κ1) is 22.4. The van der Waals surface area contributed by atoms with E-state index < -0.39 is 5.97 Å². The van der Waals surface area contributed by atoms with E-state index in [1.54, 1.807) is 36.3 Å². The van der Waals surface area contributed by atoms with Gasteiger partial charge in [-0.15, -0.1) is 0 Å². The Morgan fingerprint density at radius 2 is 1.94 bits per heavy atom. The number of benzene rings is 2. The third kappa shape index (κ3) is 5.08. The minimum absolute atomic E-state index is 0.121.